The van der Waals surface area contributed by atoms with E-state index in [1.807, 2.05) is 0 Å². The van der Waals surface area contributed by atoms with Crippen molar-refractivity contribution in [3.05, 3.63) is 0 Å². The standard InChI is InChI=1S/C17H28N4O6S/c1-17(2,3)27-16(24)20(4)9-8-18-15(23)13-5-6-14(22)21(19-13)12-7-10-28(25,26)11-12/h12H,5-11H2,1-4H3,(H,18,23)/t12-/m0/s1. The summed E-state index contributed by atoms with van der Waals surface area (Å²) < 4.78 is 28.5. The van der Waals surface area contributed by atoms with E-state index >= 15 is 0 Å². The molecule has 3 amide bonds. The first-order valence-corrected chi connectivity index (χ1v) is 11.0. The smallest absolute Gasteiger partial charge is 0.410 e. The van der Waals surface area contributed by atoms with Crippen LogP contribution in [0.5, 0.6) is 0 Å². The molecule has 0 aromatic carbocycles. The molecule has 11 heteroatoms. The van der Waals surface area contributed by atoms with Crippen molar-refractivity contribution < 1.29 is 27.5 Å². The second kappa shape index (κ2) is 8.46. The van der Waals surface area contributed by atoms with Crippen molar-refractivity contribution in [3.63, 3.8) is 0 Å². The Morgan fingerprint density at radius 2 is 2.00 bits per heavy atom. The predicted octanol–water partition coefficient (Wildman–Crippen LogP) is 0.135. The molecule has 2 heterocycles. The van der Waals surface area contributed by atoms with Gasteiger partial charge in [0.2, 0.25) is 5.91 Å². The van der Waals surface area contributed by atoms with Gasteiger partial charge >= 0.3 is 6.09 Å². The summed E-state index contributed by atoms with van der Waals surface area (Å²) in [6.45, 7) is 5.75. The Labute approximate surface area is 165 Å². The zero-order chi connectivity index (χ0) is 21.1. The fourth-order valence-electron chi connectivity index (χ4n) is 2.86. The Morgan fingerprint density at radius 1 is 1.32 bits per heavy atom. The van der Waals surface area contributed by atoms with Crippen LogP contribution >= 0.6 is 0 Å². The summed E-state index contributed by atoms with van der Waals surface area (Å²) in [5, 5.41) is 7.93. The van der Waals surface area contributed by atoms with Crippen LogP contribution in [0.4, 0.5) is 4.79 Å². The Morgan fingerprint density at radius 3 is 2.57 bits per heavy atom. The van der Waals surface area contributed by atoms with Crippen LogP contribution < -0.4 is 5.32 Å². The number of carbonyl (C=O) groups is 3. The molecular formula is C17H28N4O6S. The SMILES string of the molecule is CN(CCNC(=O)C1=NN([C@H]2CCS(=O)(=O)C2)C(=O)CC1)C(=O)OC(C)(C)C. The van der Waals surface area contributed by atoms with Crippen molar-refractivity contribution in [1.82, 2.24) is 15.2 Å². The predicted molar refractivity (Wildman–Crippen MR) is 102 cm³/mol. The average Bonchev–Trinajstić information content (AvgIpc) is 2.93. The average molecular weight is 417 g/mol. The van der Waals surface area contributed by atoms with E-state index in [0.717, 1.165) is 5.01 Å². The Bertz CT molecular complexity index is 771. The van der Waals surface area contributed by atoms with Crippen LogP contribution in [0.1, 0.15) is 40.0 Å². The molecule has 158 valence electrons. The molecule has 0 radical (unpaired) electrons. The third-order valence-electron chi connectivity index (χ3n) is 4.31. The quantitative estimate of drug-likeness (QED) is 0.679. The molecule has 0 aliphatic carbocycles. The fraction of sp³-hybridized carbons (Fsp3) is 0.765. The third kappa shape index (κ3) is 6.18. The number of amides is 3. The number of hydrazone groups is 1. The van der Waals surface area contributed by atoms with E-state index in [2.05, 4.69) is 10.4 Å². The van der Waals surface area contributed by atoms with Crippen molar-refractivity contribution in [1.29, 1.82) is 0 Å². The van der Waals surface area contributed by atoms with E-state index in [0.29, 0.717) is 6.42 Å². The van der Waals surface area contributed by atoms with Gasteiger partial charge in [-0.25, -0.2) is 18.2 Å². The van der Waals surface area contributed by atoms with E-state index in [4.69, 9.17) is 4.74 Å². The summed E-state index contributed by atoms with van der Waals surface area (Å²) in [5.74, 6) is -0.813. The number of ether oxygens (including phenoxy) is 1. The maximum atomic E-state index is 12.3. The molecule has 0 aromatic rings. The van der Waals surface area contributed by atoms with Gasteiger partial charge in [-0.3, -0.25) is 9.59 Å². The summed E-state index contributed by atoms with van der Waals surface area (Å²) in [4.78, 5) is 37.7. The van der Waals surface area contributed by atoms with E-state index in [-0.39, 0.29) is 49.1 Å². The third-order valence-corrected chi connectivity index (χ3v) is 6.06. The highest BCUT2D eigenvalue weighted by atomic mass is 32.2. The number of hydrogen-bond donors (Lipinski definition) is 1. The van der Waals surface area contributed by atoms with Gasteiger partial charge in [-0.2, -0.15) is 5.10 Å². The summed E-state index contributed by atoms with van der Waals surface area (Å²) in [7, 11) is -1.60. The van der Waals surface area contributed by atoms with Crippen molar-refractivity contribution in [2.75, 3.05) is 31.6 Å². The highest BCUT2D eigenvalue weighted by molar-refractivity contribution is 7.91. The topological polar surface area (TPSA) is 125 Å². The Hall–Kier alpha value is -2.17. The molecule has 0 saturated carbocycles. The number of rotatable bonds is 5. The first-order chi connectivity index (χ1) is 12.9. The largest absolute Gasteiger partial charge is 0.444 e. The molecule has 0 spiro atoms. The van der Waals surface area contributed by atoms with Crippen molar-refractivity contribution >= 4 is 33.5 Å². The maximum absolute atomic E-state index is 12.3. The van der Waals surface area contributed by atoms with Gasteiger partial charge in [0.05, 0.1) is 17.5 Å². The van der Waals surface area contributed by atoms with Gasteiger partial charge in [0, 0.05) is 33.0 Å². The molecule has 0 bridgehead atoms. The first kappa shape index (κ1) is 22.1. The van der Waals surface area contributed by atoms with Crippen LogP contribution in [0.25, 0.3) is 0 Å². The van der Waals surface area contributed by atoms with E-state index in [1.54, 1.807) is 27.8 Å². The molecule has 2 rings (SSSR count). The zero-order valence-corrected chi connectivity index (χ0v) is 17.5. The lowest BCUT2D eigenvalue weighted by atomic mass is 10.1. The molecule has 1 atom stereocenters. The van der Waals surface area contributed by atoms with Crippen LogP contribution in [-0.2, 0) is 24.2 Å². The second-order valence-electron chi connectivity index (χ2n) is 8.00. The van der Waals surface area contributed by atoms with Gasteiger partial charge in [0.1, 0.15) is 11.3 Å². The summed E-state index contributed by atoms with van der Waals surface area (Å²) in [6.07, 6.45) is 0.145. The number of sulfone groups is 1. The monoisotopic (exact) mass is 416 g/mol. The lowest BCUT2D eigenvalue weighted by Gasteiger charge is -2.27. The lowest BCUT2D eigenvalue weighted by Crippen LogP contribution is -2.45. The maximum Gasteiger partial charge on any atom is 0.410 e. The minimum absolute atomic E-state index is 0.0233. The molecule has 0 unspecified atom stereocenters. The summed E-state index contributed by atoms with van der Waals surface area (Å²) >= 11 is 0. The zero-order valence-electron chi connectivity index (χ0n) is 16.7. The number of likely N-dealkylation sites (N-methyl/N-ethyl adjacent to an activating group) is 1. The van der Waals surface area contributed by atoms with Crippen molar-refractivity contribution in [2.45, 2.75) is 51.7 Å². The molecule has 28 heavy (non-hydrogen) atoms. The second-order valence-corrected chi connectivity index (χ2v) is 10.2. The lowest BCUT2D eigenvalue weighted by molar-refractivity contribution is -0.133. The Kier molecular flexibility index (Phi) is 6.68. The van der Waals surface area contributed by atoms with Crippen LogP contribution in [0.3, 0.4) is 0 Å². The van der Waals surface area contributed by atoms with Crippen LogP contribution in [0.15, 0.2) is 5.10 Å². The number of nitrogens with zero attached hydrogens (tertiary/aromatic N) is 3. The normalized spacial score (nSPS) is 21.9. The van der Waals surface area contributed by atoms with E-state index in [1.165, 1.54) is 4.90 Å². The minimum atomic E-state index is -3.16. The minimum Gasteiger partial charge on any atom is -0.444 e. The van der Waals surface area contributed by atoms with Crippen LogP contribution in [0.2, 0.25) is 0 Å². The number of hydrogen-bond acceptors (Lipinski definition) is 7. The molecule has 1 fully saturated rings. The van der Waals surface area contributed by atoms with Crippen molar-refractivity contribution in [2.24, 2.45) is 5.10 Å². The van der Waals surface area contributed by atoms with Gasteiger partial charge in [-0.1, -0.05) is 0 Å². The molecule has 2 aliphatic heterocycles. The fourth-order valence-corrected chi connectivity index (χ4v) is 4.55. The summed E-state index contributed by atoms with van der Waals surface area (Å²) in [5.41, 5.74) is -0.418. The molecular weight excluding hydrogens is 388 g/mol. The van der Waals surface area contributed by atoms with Gasteiger partial charge in [0.15, 0.2) is 9.84 Å². The Balaban J connectivity index is 1.88. The number of nitrogens with one attached hydrogen (secondary N) is 1. The number of carbonyl (C=O) groups excluding carboxylic acids is 3. The molecule has 1 saturated heterocycles. The molecule has 10 nitrogen and oxygen atoms in total. The van der Waals surface area contributed by atoms with Gasteiger partial charge in [0.25, 0.3) is 5.91 Å². The van der Waals surface area contributed by atoms with Crippen LogP contribution in [0, 0.1) is 0 Å². The van der Waals surface area contributed by atoms with Crippen molar-refractivity contribution in [3.8, 4) is 0 Å². The van der Waals surface area contributed by atoms with E-state index in [9.17, 15) is 22.8 Å². The van der Waals surface area contributed by atoms with Gasteiger partial charge in [-0.15, -0.1) is 0 Å². The highest BCUT2D eigenvalue weighted by Crippen LogP contribution is 2.22. The van der Waals surface area contributed by atoms with Gasteiger partial charge in [-0.05, 0) is 27.2 Å². The van der Waals surface area contributed by atoms with Gasteiger partial charge < -0.3 is 15.0 Å². The highest BCUT2D eigenvalue weighted by Gasteiger charge is 2.37. The summed E-state index contributed by atoms with van der Waals surface area (Å²) in [6, 6.07) is -0.515. The molecule has 0 aromatic heterocycles. The molecule has 1 N–H and O–H groups in total. The first-order valence-electron chi connectivity index (χ1n) is 9.20. The van der Waals surface area contributed by atoms with Crippen LogP contribution in [-0.4, -0.2) is 85.2 Å². The van der Waals surface area contributed by atoms with E-state index < -0.39 is 33.5 Å². The molecule has 2 aliphatic rings.